The van der Waals surface area contributed by atoms with Crippen molar-refractivity contribution in [2.24, 2.45) is 0 Å². The van der Waals surface area contributed by atoms with Gasteiger partial charge in [-0.1, -0.05) is 42.0 Å². The van der Waals surface area contributed by atoms with Gasteiger partial charge in [0.15, 0.2) is 0 Å². The largest absolute Gasteiger partial charge is 0.416 e. The maximum atomic E-state index is 13.5. The summed E-state index contributed by atoms with van der Waals surface area (Å²) in [6, 6.07) is 12.5. The van der Waals surface area contributed by atoms with Gasteiger partial charge < -0.3 is 5.32 Å². The minimum Gasteiger partial charge on any atom is -0.333 e. The number of carbonyl (C=O) groups excluding carboxylic acids is 1. The van der Waals surface area contributed by atoms with Crippen LogP contribution < -0.4 is 5.32 Å². The van der Waals surface area contributed by atoms with Crippen LogP contribution in [0.3, 0.4) is 0 Å². The Kier molecular flexibility index (Phi) is 7.23. The van der Waals surface area contributed by atoms with Crippen molar-refractivity contribution in [3.8, 4) is 0 Å². The molecule has 2 aromatic heterocycles. The SMILES string of the molecule is O=C(NCc1ccnc(Cl)c1)n1c2c(c3ccc(C(F)(F)F)cc31)CN(C/C=C/c1ccc(F)cc1)CC2. The number of benzene rings is 2. The molecular weight excluding hydrogens is 520 g/mol. The minimum atomic E-state index is -4.54. The van der Waals surface area contributed by atoms with Gasteiger partial charge >= 0.3 is 12.2 Å². The van der Waals surface area contributed by atoms with Crippen molar-refractivity contribution < 1.29 is 22.4 Å². The number of halogens is 5. The Morgan fingerprint density at radius 1 is 1.11 bits per heavy atom. The van der Waals surface area contributed by atoms with E-state index in [2.05, 4.69) is 15.2 Å². The van der Waals surface area contributed by atoms with Crippen LogP contribution in [0.25, 0.3) is 17.0 Å². The Balaban J connectivity index is 1.43. The lowest BCUT2D eigenvalue weighted by molar-refractivity contribution is -0.137. The van der Waals surface area contributed by atoms with Gasteiger partial charge in [-0.3, -0.25) is 9.47 Å². The molecular formula is C28H23ClF4N4O. The molecule has 5 nitrogen and oxygen atoms in total. The summed E-state index contributed by atoms with van der Waals surface area (Å²) in [5, 5.41) is 3.70. The quantitative estimate of drug-likeness (QED) is 0.226. The highest BCUT2D eigenvalue weighted by Gasteiger charge is 2.33. The van der Waals surface area contributed by atoms with Gasteiger partial charge in [-0.2, -0.15) is 13.2 Å². The Hall–Kier alpha value is -3.69. The second kappa shape index (κ2) is 10.6. The topological polar surface area (TPSA) is 50.2 Å². The summed E-state index contributed by atoms with van der Waals surface area (Å²) in [5.41, 5.74) is 2.53. The number of nitrogens with zero attached hydrogens (tertiary/aromatic N) is 3. The molecule has 10 heteroatoms. The first-order chi connectivity index (χ1) is 18.2. The Labute approximate surface area is 221 Å². The maximum Gasteiger partial charge on any atom is 0.416 e. The fraction of sp³-hybridized carbons (Fsp3) is 0.214. The van der Waals surface area contributed by atoms with Gasteiger partial charge in [-0.25, -0.2) is 14.2 Å². The molecule has 2 aromatic carbocycles. The predicted molar refractivity (Wildman–Crippen MR) is 138 cm³/mol. The summed E-state index contributed by atoms with van der Waals surface area (Å²) < 4.78 is 55.1. The van der Waals surface area contributed by atoms with Crippen LogP contribution in [0, 0.1) is 5.82 Å². The summed E-state index contributed by atoms with van der Waals surface area (Å²) in [7, 11) is 0. The lowest BCUT2D eigenvalue weighted by Gasteiger charge is -2.27. The number of pyridine rings is 1. The predicted octanol–water partition coefficient (Wildman–Crippen LogP) is 6.68. The van der Waals surface area contributed by atoms with E-state index in [0.717, 1.165) is 28.8 Å². The molecule has 1 aliphatic heterocycles. The lowest BCUT2D eigenvalue weighted by atomic mass is 10.0. The highest BCUT2D eigenvalue weighted by molar-refractivity contribution is 6.29. The van der Waals surface area contributed by atoms with E-state index in [-0.39, 0.29) is 23.0 Å². The monoisotopic (exact) mass is 542 g/mol. The van der Waals surface area contributed by atoms with Crippen LogP contribution >= 0.6 is 11.6 Å². The zero-order valence-electron chi connectivity index (χ0n) is 20.1. The lowest BCUT2D eigenvalue weighted by Crippen LogP contribution is -2.34. The van der Waals surface area contributed by atoms with E-state index < -0.39 is 17.8 Å². The number of carbonyl (C=O) groups is 1. The molecule has 0 spiro atoms. The molecule has 5 rings (SSSR count). The van der Waals surface area contributed by atoms with Crippen LogP contribution in [0.5, 0.6) is 0 Å². The summed E-state index contributed by atoms with van der Waals surface area (Å²) in [6.07, 6.45) is 1.33. The van der Waals surface area contributed by atoms with Crippen molar-refractivity contribution in [2.75, 3.05) is 13.1 Å². The van der Waals surface area contributed by atoms with Gasteiger partial charge in [-0.05, 0) is 53.1 Å². The van der Waals surface area contributed by atoms with Crippen LogP contribution in [0.2, 0.25) is 5.15 Å². The van der Waals surface area contributed by atoms with E-state index in [4.69, 9.17) is 11.6 Å². The van der Waals surface area contributed by atoms with Gasteiger partial charge in [0.2, 0.25) is 0 Å². The average Bonchev–Trinajstić information content (AvgIpc) is 3.21. The molecule has 0 aliphatic carbocycles. The molecule has 0 radical (unpaired) electrons. The number of nitrogens with one attached hydrogen (secondary N) is 1. The fourth-order valence-corrected chi connectivity index (χ4v) is 4.90. The molecule has 1 amide bonds. The van der Waals surface area contributed by atoms with E-state index in [1.165, 1.54) is 29.0 Å². The smallest absolute Gasteiger partial charge is 0.333 e. The first kappa shape index (κ1) is 25.9. The van der Waals surface area contributed by atoms with Gasteiger partial charge in [0.05, 0.1) is 11.1 Å². The Morgan fingerprint density at radius 2 is 1.89 bits per heavy atom. The second-order valence-corrected chi connectivity index (χ2v) is 9.46. The highest BCUT2D eigenvalue weighted by atomic mass is 35.5. The van der Waals surface area contributed by atoms with Crippen molar-refractivity contribution >= 4 is 34.6 Å². The maximum absolute atomic E-state index is 13.5. The van der Waals surface area contributed by atoms with Crippen molar-refractivity contribution in [2.45, 2.75) is 25.7 Å². The van der Waals surface area contributed by atoms with Gasteiger partial charge in [0, 0.05) is 49.9 Å². The van der Waals surface area contributed by atoms with Crippen LogP contribution in [0.15, 0.2) is 66.9 Å². The minimum absolute atomic E-state index is 0.148. The zero-order chi connectivity index (χ0) is 26.9. The summed E-state index contributed by atoms with van der Waals surface area (Å²) in [5.74, 6) is -0.301. The highest BCUT2D eigenvalue weighted by Crippen LogP contribution is 2.36. The molecule has 0 fully saturated rings. The molecule has 0 unspecified atom stereocenters. The third-order valence-corrected chi connectivity index (χ3v) is 6.74. The molecule has 3 heterocycles. The number of amides is 1. The molecule has 0 atom stereocenters. The van der Waals surface area contributed by atoms with Gasteiger partial charge in [0.25, 0.3) is 0 Å². The molecule has 1 aliphatic rings. The van der Waals surface area contributed by atoms with Crippen molar-refractivity contribution in [3.05, 3.63) is 106 Å². The molecule has 0 bridgehead atoms. The number of aromatic nitrogens is 2. The average molecular weight is 543 g/mol. The van der Waals surface area contributed by atoms with E-state index in [1.54, 1.807) is 24.3 Å². The standard InChI is InChI=1S/C28H23ClF4N4O/c29-26-14-19(9-11-34-26)16-35-27(38)37-24-10-13-36(12-1-2-18-3-6-21(30)7-4-18)17-23(24)22-8-5-20(15-25(22)37)28(31,32)33/h1-9,11,14-15H,10,12-13,16-17H2,(H,35,38)/b2-1+. The molecule has 4 aromatic rings. The third-order valence-electron chi connectivity index (χ3n) is 6.54. The number of alkyl halides is 3. The fourth-order valence-electron chi connectivity index (χ4n) is 4.70. The normalized spacial score (nSPS) is 14.2. The Morgan fingerprint density at radius 3 is 2.63 bits per heavy atom. The number of hydrogen-bond acceptors (Lipinski definition) is 3. The zero-order valence-corrected chi connectivity index (χ0v) is 20.9. The Bertz CT molecular complexity index is 1510. The third kappa shape index (κ3) is 5.58. The number of fused-ring (bicyclic) bond motifs is 3. The first-order valence-electron chi connectivity index (χ1n) is 12.0. The van der Waals surface area contributed by atoms with Gasteiger partial charge in [0.1, 0.15) is 11.0 Å². The number of rotatable bonds is 5. The molecule has 0 saturated carbocycles. The number of hydrogen-bond donors (Lipinski definition) is 1. The van der Waals surface area contributed by atoms with Gasteiger partial charge in [-0.15, -0.1) is 0 Å². The summed E-state index contributed by atoms with van der Waals surface area (Å²) in [6.45, 7) is 1.84. The molecule has 196 valence electrons. The van der Waals surface area contributed by atoms with E-state index in [9.17, 15) is 22.4 Å². The second-order valence-electron chi connectivity index (χ2n) is 9.07. The van der Waals surface area contributed by atoms with E-state index >= 15 is 0 Å². The summed E-state index contributed by atoms with van der Waals surface area (Å²) >= 11 is 5.92. The van der Waals surface area contributed by atoms with Crippen molar-refractivity contribution in [1.82, 2.24) is 19.8 Å². The molecule has 38 heavy (non-hydrogen) atoms. The molecule has 0 saturated heterocycles. The first-order valence-corrected chi connectivity index (χ1v) is 12.3. The van der Waals surface area contributed by atoms with Crippen LogP contribution in [-0.2, 0) is 25.7 Å². The van der Waals surface area contributed by atoms with E-state index in [1.807, 2.05) is 12.2 Å². The van der Waals surface area contributed by atoms with Crippen LogP contribution in [0.1, 0.15) is 27.9 Å². The van der Waals surface area contributed by atoms with E-state index in [0.29, 0.717) is 37.1 Å². The van der Waals surface area contributed by atoms with Crippen molar-refractivity contribution in [3.63, 3.8) is 0 Å². The van der Waals surface area contributed by atoms with Crippen LogP contribution in [0.4, 0.5) is 22.4 Å². The molecule has 1 N–H and O–H groups in total. The van der Waals surface area contributed by atoms with Crippen molar-refractivity contribution in [1.29, 1.82) is 0 Å². The van der Waals surface area contributed by atoms with Crippen LogP contribution in [-0.4, -0.2) is 33.6 Å². The summed E-state index contributed by atoms with van der Waals surface area (Å²) in [4.78, 5) is 19.4.